The van der Waals surface area contributed by atoms with Crippen molar-refractivity contribution in [1.29, 1.82) is 0 Å². The van der Waals surface area contributed by atoms with E-state index in [4.69, 9.17) is 0 Å². The normalized spacial score (nSPS) is 18.3. The van der Waals surface area contributed by atoms with Gasteiger partial charge in [-0.15, -0.1) is 0 Å². The highest BCUT2D eigenvalue weighted by Gasteiger charge is 2.58. The lowest BCUT2D eigenvalue weighted by Gasteiger charge is -2.47. The van der Waals surface area contributed by atoms with Crippen molar-refractivity contribution in [2.75, 3.05) is 9.80 Å². The van der Waals surface area contributed by atoms with E-state index in [-0.39, 0.29) is 12.1 Å². The van der Waals surface area contributed by atoms with Crippen molar-refractivity contribution in [2.24, 2.45) is 5.41 Å². The monoisotopic (exact) mass is 568 g/mol. The average molecular weight is 569 g/mol. The molecule has 4 aliphatic rings. The topological polar surface area (TPSA) is 6.48 Å². The van der Waals surface area contributed by atoms with Gasteiger partial charge in [0.1, 0.15) is 8.07 Å². The predicted octanol–water partition coefficient (Wildman–Crippen LogP) is 7.99. The van der Waals surface area contributed by atoms with Gasteiger partial charge >= 0.3 is 0 Å². The summed E-state index contributed by atoms with van der Waals surface area (Å²) in [5.41, 5.74) is 14.9. The van der Waals surface area contributed by atoms with Crippen LogP contribution in [-0.4, -0.2) is 14.8 Å². The number of para-hydroxylation sites is 3. The first kappa shape index (κ1) is 25.0. The number of allylic oxidation sites excluding steroid dienone is 3. The van der Waals surface area contributed by atoms with Gasteiger partial charge < -0.3 is 9.80 Å². The largest absolute Gasteiger partial charge is 0.314 e. The van der Waals surface area contributed by atoms with Crippen LogP contribution in [0.25, 0.3) is 5.57 Å². The third-order valence-corrected chi connectivity index (χ3v) is 14.3. The van der Waals surface area contributed by atoms with Crippen molar-refractivity contribution in [1.82, 2.24) is 0 Å². The maximum absolute atomic E-state index is 2.62. The lowest BCUT2D eigenvalue weighted by molar-refractivity contribution is 0.561. The van der Waals surface area contributed by atoms with Gasteiger partial charge in [0, 0.05) is 39.5 Å². The third kappa shape index (κ3) is 3.09. The molecule has 206 valence electrons. The molecule has 3 aliphatic heterocycles. The van der Waals surface area contributed by atoms with Gasteiger partial charge in [-0.3, -0.25) is 0 Å². The summed E-state index contributed by atoms with van der Waals surface area (Å²) in [6.07, 6.45) is 0. The Morgan fingerprint density at radius 2 is 1.14 bits per heavy atom. The summed E-state index contributed by atoms with van der Waals surface area (Å²) in [7, 11) is -1.94. The molecule has 0 aromatic heterocycles. The molecule has 0 amide bonds. The number of anilines is 5. The molecule has 0 unspecified atom stereocenters. The highest BCUT2D eigenvalue weighted by atomic mass is 28.3. The maximum Gasteiger partial charge on any atom is 0.252 e. The van der Waals surface area contributed by atoms with Crippen LogP contribution in [0.1, 0.15) is 19.4 Å². The maximum atomic E-state index is 2.62. The van der Waals surface area contributed by atoms with Gasteiger partial charge in [-0.05, 0) is 75.2 Å². The molecule has 4 heteroatoms. The van der Waals surface area contributed by atoms with E-state index < -0.39 is 8.07 Å². The van der Waals surface area contributed by atoms with Crippen LogP contribution >= 0.6 is 0 Å². The first-order valence-electron chi connectivity index (χ1n) is 15.4. The lowest BCUT2D eigenvalue weighted by Crippen LogP contribution is -2.57. The quantitative estimate of drug-likeness (QED) is 0.199. The van der Waals surface area contributed by atoms with Crippen LogP contribution in [0.5, 0.6) is 0 Å². The van der Waals surface area contributed by atoms with Gasteiger partial charge in [-0.2, -0.15) is 0 Å². The molecule has 0 radical (unpaired) electrons. The van der Waals surface area contributed by atoms with Crippen LogP contribution in [0, 0.1) is 5.41 Å². The second-order valence-electron chi connectivity index (χ2n) is 13.4. The molecule has 43 heavy (non-hydrogen) atoms. The van der Waals surface area contributed by atoms with E-state index in [9.17, 15) is 0 Å². The summed E-state index contributed by atoms with van der Waals surface area (Å²) in [5.74, 6) is 0. The summed E-state index contributed by atoms with van der Waals surface area (Å²) >= 11 is 0. The molecule has 5 aromatic rings. The van der Waals surface area contributed by atoms with Crippen LogP contribution in [0.2, 0.25) is 13.1 Å². The number of nitrogens with zero attached hydrogens (tertiary/aromatic N) is 2. The van der Waals surface area contributed by atoms with Crippen LogP contribution in [-0.2, 0) is 0 Å². The molecule has 1 aliphatic carbocycles. The molecule has 3 heterocycles. The Morgan fingerprint density at radius 3 is 1.86 bits per heavy atom. The molecular formula is C39H33BN2Si. The molecule has 0 N–H and O–H groups in total. The van der Waals surface area contributed by atoms with Crippen LogP contribution in [0.15, 0.2) is 144 Å². The molecule has 0 saturated carbocycles. The highest BCUT2D eigenvalue weighted by molar-refractivity contribution is 7.02. The summed E-state index contributed by atoms with van der Waals surface area (Å²) in [6, 6.07) is 47.3. The second-order valence-corrected chi connectivity index (χ2v) is 17.6. The number of hydrogen-bond donors (Lipinski definition) is 0. The van der Waals surface area contributed by atoms with E-state index in [1.165, 1.54) is 61.7 Å². The summed E-state index contributed by atoms with van der Waals surface area (Å²) in [6.45, 7) is 10.3. The van der Waals surface area contributed by atoms with Crippen molar-refractivity contribution >= 4 is 64.9 Å². The minimum absolute atomic E-state index is 0.117. The van der Waals surface area contributed by atoms with Crippen molar-refractivity contribution < 1.29 is 0 Å². The SMILES string of the molecule is CC1(C)C2=C(B3c4ccccc4N(c4ccccc4)c4cccc(c43)N2c2ccccc2)C2=C1[Si](C)(C)c1ccccc12. The molecule has 0 bridgehead atoms. The zero-order valence-electron chi connectivity index (χ0n) is 25.1. The van der Waals surface area contributed by atoms with Crippen molar-refractivity contribution in [3.8, 4) is 0 Å². The smallest absolute Gasteiger partial charge is 0.252 e. The first-order valence-corrected chi connectivity index (χ1v) is 18.4. The van der Waals surface area contributed by atoms with E-state index in [0.29, 0.717) is 0 Å². The van der Waals surface area contributed by atoms with Crippen molar-refractivity contribution in [3.63, 3.8) is 0 Å². The standard InChI is InChI=1S/C39H33BN2Si/c1-39(2)37-36(34-28-20-11-14-25-33(28)43(3,4)38(34)39)40-29-21-12-13-22-30(29)41(26-16-7-5-8-17-26)31-23-15-24-32(35(31)40)42(37)27-18-9-6-10-19-27/h5-25H,1-4H3. The number of benzene rings is 5. The first-order chi connectivity index (χ1) is 20.9. The van der Waals surface area contributed by atoms with Gasteiger partial charge in [-0.1, -0.05) is 117 Å². The second kappa shape index (κ2) is 8.52. The summed E-state index contributed by atoms with van der Waals surface area (Å²) in [5, 5.41) is 3.27. The predicted molar refractivity (Wildman–Crippen MR) is 186 cm³/mol. The van der Waals surface area contributed by atoms with E-state index in [1.54, 1.807) is 10.4 Å². The van der Waals surface area contributed by atoms with Crippen LogP contribution in [0.4, 0.5) is 28.4 Å². The molecule has 0 atom stereocenters. The summed E-state index contributed by atoms with van der Waals surface area (Å²) < 4.78 is 0. The van der Waals surface area contributed by atoms with E-state index >= 15 is 0 Å². The number of hydrogen-bond acceptors (Lipinski definition) is 2. The van der Waals surface area contributed by atoms with E-state index in [0.717, 1.165) is 0 Å². The Balaban J connectivity index is 1.43. The Morgan fingerprint density at radius 1 is 0.581 bits per heavy atom. The zero-order valence-corrected chi connectivity index (χ0v) is 26.1. The molecular weight excluding hydrogens is 535 g/mol. The molecule has 0 fully saturated rings. The Labute approximate surface area is 255 Å². The minimum atomic E-state index is -1.94. The highest BCUT2D eigenvalue weighted by Crippen LogP contribution is 2.61. The average Bonchev–Trinajstić information content (AvgIpc) is 3.44. The van der Waals surface area contributed by atoms with Gasteiger partial charge in [0.2, 0.25) is 0 Å². The molecule has 0 saturated heterocycles. The van der Waals surface area contributed by atoms with Crippen molar-refractivity contribution in [2.45, 2.75) is 26.9 Å². The van der Waals surface area contributed by atoms with E-state index in [2.05, 4.69) is 164 Å². The Kier molecular flexibility index (Phi) is 4.95. The molecule has 2 nitrogen and oxygen atoms in total. The van der Waals surface area contributed by atoms with Gasteiger partial charge in [0.25, 0.3) is 6.71 Å². The fraction of sp³-hybridized carbons (Fsp3) is 0.128. The van der Waals surface area contributed by atoms with Gasteiger partial charge in [0.05, 0.1) is 0 Å². The molecule has 5 aromatic carbocycles. The van der Waals surface area contributed by atoms with Crippen LogP contribution in [0.3, 0.4) is 0 Å². The lowest BCUT2D eigenvalue weighted by atomic mass is 9.32. The summed E-state index contributed by atoms with van der Waals surface area (Å²) in [4.78, 5) is 5.10. The number of rotatable bonds is 2. The third-order valence-electron chi connectivity index (χ3n) is 10.3. The Hall–Kier alpha value is -4.54. The van der Waals surface area contributed by atoms with Gasteiger partial charge in [0.15, 0.2) is 0 Å². The zero-order chi connectivity index (χ0) is 29.1. The van der Waals surface area contributed by atoms with E-state index in [1.807, 2.05) is 0 Å². The Bertz CT molecular complexity index is 2040. The number of fused-ring (bicyclic) bond motifs is 6. The minimum Gasteiger partial charge on any atom is -0.314 e. The fourth-order valence-electron chi connectivity index (χ4n) is 9.02. The van der Waals surface area contributed by atoms with Crippen molar-refractivity contribution in [3.05, 3.63) is 149 Å². The molecule has 0 spiro atoms. The van der Waals surface area contributed by atoms with Crippen LogP contribution < -0.4 is 25.9 Å². The van der Waals surface area contributed by atoms with Gasteiger partial charge in [-0.25, -0.2) is 0 Å². The molecule has 9 rings (SSSR count). The fourth-order valence-corrected chi connectivity index (χ4v) is 13.3.